The first-order chi connectivity index (χ1) is 8.24. The van der Waals surface area contributed by atoms with E-state index in [4.69, 9.17) is 0 Å². The Bertz CT molecular complexity index is 134. The summed E-state index contributed by atoms with van der Waals surface area (Å²) in [5, 5.41) is 0. The molecule has 0 aromatic rings. The SMILES string of the molecule is CCCC[N+](CCCC)(CCCC)CCCC.[Br-].[Br-].[Br-].[Zn+2]. The van der Waals surface area contributed by atoms with Crippen molar-refractivity contribution in [3.8, 4) is 0 Å². The molecule has 21 heavy (non-hydrogen) atoms. The van der Waals surface area contributed by atoms with Gasteiger partial charge in [-0.25, -0.2) is 0 Å². The van der Waals surface area contributed by atoms with Crippen LogP contribution in [0.15, 0.2) is 0 Å². The van der Waals surface area contributed by atoms with Gasteiger partial charge < -0.3 is 55.4 Å². The van der Waals surface area contributed by atoms with Gasteiger partial charge in [0.1, 0.15) is 0 Å². The van der Waals surface area contributed by atoms with E-state index >= 15 is 0 Å². The molecule has 128 valence electrons. The molecule has 0 amide bonds. The Morgan fingerprint density at radius 1 is 0.476 bits per heavy atom. The molecule has 1 nitrogen and oxygen atoms in total. The fraction of sp³-hybridized carbons (Fsp3) is 1.00. The predicted molar refractivity (Wildman–Crippen MR) is 79.4 cm³/mol. The molecule has 5 heteroatoms. The molecule has 0 aliphatic heterocycles. The van der Waals surface area contributed by atoms with E-state index in [2.05, 4.69) is 27.7 Å². The van der Waals surface area contributed by atoms with E-state index in [0.29, 0.717) is 0 Å². The number of rotatable bonds is 12. The molecule has 0 heterocycles. The Morgan fingerprint density at radius 3 is 0.810 bits per heavy atom. The standard InChI is InChI=1S/C16H36N.3BrH.Zn/c1-5-9-13-17(14-10-6-2,15-11-7-3)16-12-8-4;;;;/h5-16H2,1-4H3;3*1H;/q+1;;;;+2/p-3. The molecule has 0 aliphatic carbocycles. The Hall–Kier alpha value is 2.02. The van der Waals surface area contributed by atoms with Gasteiger partial charge in [0.25, 0.3) is 0 Å². The smallest absolute Gasteiger partial charge is 1.00 e. The zero-order valence-corrected chi connectivity index (χ0v) is 22.5. The third kappa shape index (κ3) is 18.2. The Morgan fingerprint density at radius 2 is 0.667 bits per heavy atom. The molecule has 0 fully saturated rings. The normalized spacial score (nSPS) is 9.71. The van der Waals surface area contributed by atoms with Crippen molar-refractivity contribution >= 4 is 0 Å². The van der Waals surface area contributed by atoms with E-state index in [1.54, 1.807) is 0 Å². The molecule has 0 atom stereocenters. The van der Waals surface area contributed by atoms with Gasteiger partial charge in [-0.15, -0.1) is 0 Å². The van der Waals surface area contributed by atoms with Crippen molar-refractivity contribution in [3.05, 3.63) is 0 Å². The maximum absolute atomic E-state index is 2.33. The molecule has 0 aromatic carbocycles. The van der Waals surface area contributed by atoms with Crippen LogP contribution in [-0.4, -0.2) is 30.7 Å². The van der Waals surface area contributed by atoms with E-state index in [1.165, 1.54) is 82.0 Å². The van der Waals surface area contributed by atoms with Gasteiger partial charge in [0, 0.05) is 0 Å². The number of hydrogen-bond donors (Lipinski definition) is 0. The minimum absolute atomic E-state index is 0. The average Bonchev–Trinajstić information content (AvgIpc) is 2.37. The summed E-state index contributed by atoms with van der Waals surface area (Å²) in [6.45, 7) is 15.0. The summed E-state index contributed by atoms with van der Waals surface area (Å²) in [7, 11) is 0. The van der Waals surface area contributed by atoms with Gasteiger partial charge in [0.05, 0.1) is 26.2 Å². The molecule has 0 unspecified atom stereocenters. The van der Waals surface area contributed by atoms with E-state index in [-0.39, 0.29) is 70.4 Å². The van der Waals surface area contributed by atoms with Crippen LogP contribution in [0.1, 0.15) is 79.1 Å². The van der Waals surface area contributed by atoms with Crippen LogP contribution in [0.5, 0.6) is 0 Å². The predicted octanol–water partition coefficient (Wildman–Crippen LogP) is -3.99. The van der Waals surface area contributed by atoms with Crippen molar-refractivity contribution in [1.82, 2.24) is 0 Å². The first-order valence-corrected chi connectivity index (χ1v) is 8.09. The Balaban J connectivity index is -0.000000213. The molecular weight excluding hydrogens is 511 g/mol. The molecule has 0 spiro atoms. The van der Waals surface area contributed by atoms with Gasteiger partial charge in [-0.1, -0.05) is 53.4 Å². The van der Waals surface area contributed by atoms with Gasteiger partial charge in [-0.05, 0) is 25.7 Å². The molecular formula is C16H36Br3NZn. The molecule has 0 bridgehead atoms. The number of halogens is 3. The largest absolute Gasteiger partial charge is 2.00 e. The van der Waals surface area contributed by atoms with Crippen molar-refractivity contribution in [2.75, 3.05) is 26.2 Å². The third-order valence-electron chi connectivity index (χ3n) is 3.94. The fourth-order valence-corrected chi connectivity index (χ4v) is 2.64. The summed E-state index contributed by atoms with van der Waals surface area (Å²) in [4.78, 5) is 0. The first-order valence-electron chi connectivity index (χ1n) is 8.09. The fourth-order valence-electron chi connectivity index (χ4n) is 2.64. The molecule has 0 N–H and O–H groups in total. The Kier molecular flexibility index (Phi) is 39.7. The van der Waals surface area contributed by atoms with Gasteiger partial charge in [-0.2, -0.15) is 0 Å². The summed E-state index contributed by atoms with van der Waals surface area (Å²) < 4.78 is 1.42. The number of hydrogen-bond acceptors (Lipinski definition) is 0. The summed E-state index contributed by atoms with van der Waals surface area (Å²) in [6, 6.07) is 0. The number of unbranched alkanes of at least 4 members (excludes halogenated alkanes) is 4. The maximum atomic E-state index is 2.33. The second-order valence-corrected chi connectivity index (χ2v) is 5.65. The molecule has 0 aliphatic rings. The summed E-state index contributed by atoms with van der Waals surface area (Å²) in [6.07, 6.45) is 11.1. The van der Waals surface area contributed by atoms with Crippen LogP contribution < -0.4 is 50.9 Å². The van der Waals surface area contributed by atoms with Gasteiger partial charge in [0.15, 0.2) is 0 Å². The first kappa shape index (κ1) is 34.4. The van der Waals surface area contributed by atoms with Crippen LogP contribution in [0.25, 0.3) is 0 Å². The van der Waals surface area contributed by atoms with Crippen LogP contribution in [0.4, 0.5) is 0 Å². The van der Waals surface area contributed by atoms with Crippen molar-refractivity contribution < 1.29 is 74.9 Å². The summed E-state index contributed by atoms with van der Waals surface area (Å²) in [5.41, 5.74) is 0. The second kappa shape index (κ2) is 24.3. The summed E-state index contributed by atoms with van der Waals surface area (Å²) >= 11 is 0. The maximum Gasteiger partial charge on any atom is 2.00 e. The molecule has 0 saturated carbocycles. The Labute approximate surface area is 179 Å². The molecule has 0 saturated heterocycles. The monoisotopic (exact) mass is 543 g/mol. The third-order valence-corrected chi connectivity index (χ3v) is 3.94. The number of nitrogens with zero attached hydrogens (tertiary/aromatic N) is 1. The molecule has 0 rings (SSSR count). The molecule has 0 radical (unpaired) electrons. The quantitative estimate of drug-likeness (QED) is 0.173. The van der Waals surface area contributed by atoms with Crippen molar-refractivity contribution in [2.24, 2.45) is 0 Å². The van der Waals surface area contributed by atoms with Gasteiger partial charge >= 0.3 is 19.5 Å². The minimum atomic E-state index is 0. The van der Waals surface area contributed by atoms with Crippen LogP contribution in [0, 0.1) is 0 Å². The van der Waals surface area contributed by atoms with Crippen LogP contribution >= 0.6 is 0 Å². The van der Waals surface area contributed by atoms with Gasteiger partial charge in [0.2, 0.25) is 0 Å². The average molecular weight is 548 g/mol. The van der Waals surface area contributed by atoms with E-state index < -0.39 is 0 Å². The summed E-state index contributed by atoms with van der Waals surface area (Å²) in [5.74, 6) is 0. The number of quaternary nitrogens is 1. The van der Waals surface area contributed by atoms with Crippen LogP contribution in [-0.2, 0) is 19.5 Å². The minimum Gasteiger partial charge on any atom is -1.00 e. The second-order valence-electron chi connectivity index (χ2n) is 5.65. The molecule has 0 aromatic heterocycles. The van der Waals surface area contributed by atoms with Gasteiger partial charge in [-0.3, -0.25) is 0 Å². The van der Waals surface area contributed by atoms with Crippen molar-refractivity contribution in [1.29, 1.82) is 0 Å². The zero-order valence-electron chi connectivity index (χ0n) is 14.8. The van der Waals surface area contributed by atoms with Crippen LogP contribution in [0.2, 0.25) is 0 Å². The van der Waals surface area contributed by atoms with Crippen LogP contribution in [0.3, 0.4) is 0 Å². The van der Waals surface area contributed by atoms with E-state index in [0.717, 1.165) is 0 Å². The van der Waals surface area contributed by atoms with E-state index in [1.807, 2.05) is 0 Å². The van der Waals surface area contributed by atoms with Crippen molar-refractivity contribution in [2.45, 2.75) is 79.1 Å². The van der Waals surface area contributed by atoms with Crippen molar-refractivity contribution in [3.63, 3.8) is 0 Å². The topological polar surface area (TPSA) is 0 Å². The van der Waals surface area contributed by atoms with E-state index in [9.17, 15) is 0 Å². The zero-order chi connectivity index (χ0) is 13.0.